The second-order valence-corrected chi connectivity index (χ2v) is 12.8. The highest BCUT2D eigenvalue weighted by molar-refractivity contribution is 7.92. The lowest BCUT2D eigenvalue weighted by Gasteiger charge is -2.24. The van der Waals surface area contributed by atoms with Gasteiger partial charge < -0.3 is 10.1 Å². The molecule has 1 atom stereocenters. The van der Waals surface area contributed by atoms with Gasteiger partial charge >= 0.3 is 5.97 Å². The molecule has 0 aliphatic carbocycles. The minimum Gasteiger partial charge on any atom is -0.465 e. The van der Waals surface area contributed by atoms with E-state index in [-0.39, 0.29) is 35.2 Å². The predicted molar refractivity (Wildman–Crippen MR) is 151 cm³/mol. The number of hydrogen-bond donors (Lipinski definition) is 3. The normalized spacial score (nSPS) is 12.5. The van der Waals surface area contributed by atoms with Crippen LogP contribution >= 0.6 is 23.8 Å². The van der Waals surface area contributed by atoms with Gasteiger partial charge in [-0.3, -0.25) is 14.7 Å². The Kier molecular flexibility index (Phi) is 10.8. The molecule has 37 heavy (non-hydrogen) atoms. The molecule has 0 spiro atoms. The number of hydrogen-bond acceptors (Lipinski definition) is 6. The molecule has 0 radical (unpaired) electrons. The van der Waals surface area contributed by atoms with Gasteiger partial charge in [0.1, 0.15) is 0 Å². The Labute approximate surface area is 230 Å². The lowest BCUT2D eigenvalue weighted by Crippen LogP contribution is -2.41. The van der Waals surface area contributed by atoms with E-state index >= 15 is 0 Å². The maximum atomic E-state index is 12.3. The van der Waals surface area contributed by atoms with Gasteiger partial charge in [0.15, 0.2) is 5.11 Å². The van der Waals surface area contributed by atoms with Gasteiger partial charge in [-0.1, -0.05) is 35.9 Å². The van der Waals surface area contributed by atoms with E-state index in [9.17, 15) is 18.4 Å². The van der Waals surface area contributed by atoms with Crippen LogP contribution in [0.15, 0.2) is 36.4 Å². The molecule has 11 heteroatoms. The van der Waals surface area contributed by atoms with E-state index < -0.39 is 15.4 Å². The number of rotatable bonds is 10. The Balaban J connectivity index is 2.04. The van der Waals surface area contributed by atoms with Crippen molar-refractivity contribution in [3.8, 4) is 0 Å². The van der Waals surface area contributed by atoms with Crippen LogP contribution in [0, 0.1) is 25.2 Å². The number of hydroxylamine groups is 2. The highest BCUT2D eigenvalue weighted by Crippen LogP contribution is 2.23. The first kappa shape index (κ1) is 30.8. The van der Waals surface area contributed by atoms with Crippen molar-refractivity contribution in [3.63, 3.8) is 0 Å². The molecule has 3 N–H and O–H groups in total. The monoisotopic (exact) mass is 569 g/mol. The standard InChI is InChI=1S/C26H36ClN3O5S2/c1-17-7-8-19(11-18(17)2)12-20(16-35-24(31)26(3,4)5)14-28-25(36)30(32)15-21-9-10-22(13-23(21)27)29-37(6,33)34/h7-11,13,20,29,32H,12,14-16H2,1-6H3,(H,28,36). The van der Waals surface area contributed by atoms with Crippen LogP contribution in [0.5, 0.6) is 0 Å². The van der Waals surface area contributed by atoms with Crippen molar-refractivity contribution in [2.24, 2.45) is 11.3 Å². The van der Waals surface area contributed by atoms with Crippen LogP contribution in [0.25, 0.3) is 0 Å². The molecular weight excluding hydrogens is 534 g/mol. The molecule has 8 nitrogen and oxygen atoms in total. The lowest BCUT2D eigenvalue weighted by atomic mass is 9.96. The molecule has 2 rings (SSSR count). The molecular formula is C26H36ClN3O5S2. The van der Waals surface area contributed by atoms with E-state index in [0.29, 0.717) is 24.2 Å². The summed E-state index contributed by atoms with van der Waals surface area (Å²) in [5.74, 6) is -0.378. The molecule has 0 fully saturated rings. The smallest absolute Gasteiger partial charge is 0.311 e. The Morgan fingerprint density at radius 2 is 1.84 bits per heavy atom. The van der Waals surface area contributed by atoms with Crippen LogP contribution < -0.4 is 10.0 Å². The fourth-order valence-electron chi connectivity index (χ4n) is 3.37. The fourth-order valence-corrected chi connectivity index (χ4v) is 4.32. The highest BCUT2D eigenvalue weighted by Gasteiger charge is 2.25. The van der Waals surface area contributed by atoms with Gasteiger partial charge in [-0.25, -0.2) is 13.5 Å². The average Bonchev–Trinajstić information content (AvgIpc) is 2.77. The van der Waals surface area contributed by atoms with E-state index in [1.165, 1.54) is 17.2 Å². The fraction of sp³-hybridized carbons (Fsp3) is 0.462. The summed E-state index contributed by atoms with van der Waals surface area (Å²) in [6.45, 7) is 10.1. The number of benzene rings is 2. The number of anilines is 1. The minimum absolute atomic E-state index is 0.00927. The van der Waals surface area contributed by atoms with Crippen LogP contribution in [0.4, 0.5) is 5.69 Å². The molecule has 0 heterocycles. The first-order valence-electron chi connectivity index (χ1n) is 11.8. The van der Waals surface area contributed by atoms with E-state index in [0.717, 1.165) is 16.9 Å². The van der Waals surface area contributed by atoms with Gasteiger partial charge in [0.2, 0.25) is 10.0 Å². The van der Waals surface area contributed by atoms with E-state index in [4.69, 9.17) is 28.6 Å². The Morgan fingerprint density at radius 1 is 1.16 bits per heavy atom. The number of nitrogens with zero attached hydrogens (tertiary/aromatic N) is 1. The van der Waals surface area contributed by atoms with Crippen molar-refractivity contribution in [2.45, 2.75) is 47.6 Å². The number of sulfonamides is 1. The second kappa shape index (κ2) is 12.9. The van der Waals surface area contributed by atoms with Crippen LogP contribution in [-0.4, -0.2) is 49.2 Å². The molecule has 204 valence electrons. The van der Waals surface area contributed by atoms with E-state index in [2.05, 4.69) is 42.1 Å². The molecule has 0 saturated heterocycles. The molecule has 0 aliphatic heterocycles. The van der Waals surface area contributed by atoms with Gasteiger partial charge in [-0.15, -0.1) is 0 Å². The van der Waals surface area contributed by atoms with Gasteiger partial charge in [-0.05, 0) is 87.6 Å². The van der Waals surface area contributed by atoms with Gasteiger partial charge in [-0.2, -0.15) is 0 Å². The molecule has 0 aliphatic rings. The number of carbonyl (C=O) groups excluding carboxylic acids is 1. The number of carbonyl (C=O) groups is 1. The van der Waals surface area contributed by atoms with Crippen LogP contribution in [0.3, 0.4) is 0 Å². The summed E-state index contributed by atoms with van der Waals surface area (Å²) in [7, 11) is -3.44. The molecule has 0 amide bonds. The first-order chi connectivity index (χ1) is 17.0. The number of aryl methyl sites for hydroxylation is 2. The van der Waals surface area contributed by atoms with Gasteiger partial charge in [0.25, 0.3) is 0 Å². The number of esters is 1. The summed E-state index contributed by atoms with van der Waals surface area (Å²) in [5.41, 5.74) is 3.76. The Bertz CT molecular complexity index is 1230. The summed E-state index contributed by atoms with van der Waals surface area (Å²) in [6, 6.07) is 10.9. The summed E-state index contributed by atoms with van der Waals surface area (Å²) in [4.78, 5) is 12.3. The zero-order valence-electron chi connectivity index (χ0n) is 22.1. The van der Waals surface area contributed by atoms with Crippen molar-refractivity contribution in [1.29, 1.82) is 0 Å². The Morgan fingerprint density at radius 3 is 2.41 bits per heavy atom. The average molecular weight is 570 g/mol. The van der Waals surface area contributed by atoms with Crippen molar-refractivity contribution in [2.75, 3.05) is 24.1 Å². The molecule has 0 aromatic heterocycles. The van der Waals surface area contributed by atoms with E-state index in [1.54, 1.807) is 32.9 Å². The predicted octanol–water partition coefficient (Wildman–Crippen LogP) is 4.84. The minimum atomic E-state index is -3.44. The van der Waals surface area contributed by atoms with Gasteiger partial charge in [0, 0.05) is 23.2 Å². The Hall–Kier alpha value is -2.40. The third-order valence-corrected chi connectivity index (χ3v) is 6.92. The largest absolute Gasteiger partial charge is 0.465 e. The number of halogens is 1. The van der Waals surface area contributed by atoms with Crippen LogP contribution in [0.1, 0.15) is 43.0 Å². The summed E-state index contributed by atoms with van der Waals surface area (Å²) >= 11 is 11.6. The van der Waals surface area contributed by atoms with Crippen molar-refractivity contribution in [3.05, 3.63) is 63.7 Å². The molecule has 0 saturated carbocycles. The van der Waals surface area contributed by atoms with Crippen molar-refractivity contribution >= 4 is 50.6 Å². The maximum absolute atomic E-state index is 12.3. The maximum Gasteiger partial charge on any atom is 0.311 e. The van der Waals surface area contributed by atoms with Crippen LogP contribution in [0.2, 0.25) is 5.02 Å². The molecule has 2 aromatic rings. The van der Waals surface area contributed by atoms with Crippen molar-refractivity contribution < 1.29 is 23.2 Å². The molecule has 1 unspecified atom stereocenters. The summed E-state index contributed by atoms with van der Waals surface area (Å²) in [6.07, 6.45) is 1.70. The first-order valence-corrected chi connectivity index (χ1v) is 14.5. The topological polar surface area (TPSA) is 108 Å². The number of thiocarbonyl (C=S) groups is 1. The SMILES string of the molecule is Cc1ccc(CC(CNC(=S)N(O)Cc2ccc(NS(C)(=O)=O)cc2Cl)COC(=O)C(C)(C)C)cc1C. The quantitative estimate of drug-likeness (QED) is 0.212. The van der Waals surface area contributed by atoms with Crippen LogP contribution in [-0.2, 0) is 32.5 Å². The summed E-state index contributed by atoms with van der Waals surface area (Å²) in [5, 5.41) is 14.8. The lowest BCUT2D eigenvalue weighted by molar-refractivity contribution is -0.154. The molecule has 0 bridgehead atoms. The zero-order valence-corrected chi connectivity index (χ0v) is 24.5. The van der Waals surface area contributed by atoms with Gasteiger partial charge in [0.05, 0.1) is 24.8 Å². The zero-order chi connectivity index (χ0) is 28.0. The number of nitrogens with one attached hydrogen (secondary N) is 2. The van der Waals surface area contributed by atoms with Crippen molar-refractivity contribution in [1.82, 2.24) is 10.4 Å². The highest BCUT2D eigenvalue weighted by atomic mass is 35.5. The second-order valence-electron chi connectivity index (χ2n) is 10.3. The number of ether oxygens (including phenoxy) is 1. The summed E-state index contributed by atoms with van der Waals surface area (Å²) < 4.78 is 30.8. The molecule has 2 aromatic carbocycles. The van der Waals surface area contributed by atoms with E-state index in [1.807, 2.05) is 0 Å². The third kappa shape index (κ3) is 10.5. The third-order valence-electron chi connectivity index (χ3n) is 5.61.